The lowest BCUT2D eigenvalue weighted by Gasteiger charge is -2.33. The van der Waals surface area contributed by atoms with Crippen molar-refractivity contribution >= 4 is 28.2 Å². The van der Waals surface area contributed by atoms with Crippen molar-refractivity contribution in [2.45, 2.75) is 77.0 Å². The van der Waals surface area contributed by atoms with E-state index in [1.165, 1.54) is 43.2 Å². The van der Waals surface area contributed by atoms with Crippen molar-refractivity contribution in [3.8, 4) is 0 Å². The van der Waals surface area contributed by atoms with Crippen molar-refractivity contribution in [1.29, 1.82) is 0 Å². The van der Waals surface area contributed by atoms with E-state index >= 15 is 0 Å². The second kappa shape index (κ2) is 8.35. The number of carbonyl (C=O) groups excluding carboxylic acids is 2. The van der Waals surface area contributed by atoms with Crippen LogP contribution in [0.2, 0.25) is 0 Å². The van der Waals surface area contributed by atoms with Crippen molar-refractivity contribution in [3.05, 3.63) is 16.5 Å². The Hall–Kier alpha value is -1.36. The first-order valence-electron chi connectivity index (χ1n) is 9.63. The van der Waals surface area contributed by atoms with E-state index in [9.17, 15) is 9.59 Å². The Balaban J connectivity index is 1.67. The summed E-state index contributed by atoms with van der Waals surface area (Å²) in [6, 6.07) is 2.15. The number of aryl methyl sites for hydroxylation is 2. The lowest BCUT2D eigenvalue weighted by atomic mass is 9.71. The number of rotatable bonds is 4. The van der Waals surface area contributed by atoms with Crippen molar-refractivity contribution in [3.63, 3.8) is 0 Å². The highest BCUT2D eigenvalue weighted by Crippen LogP contribution is 2.41. The SMILES string of the molecule is COC(=O)C1(CC(=O)Nc2cc3c(s2)CCCCCC3)CCCCC1. The molecule has 138 valence electrons. The molecule has 1 fully saturated rings. The maximum absolute atomic E-state index is 12.6. The number of amides is 1. The van der Waals surface area contributed by atoms with Gasteiger partial charge in [0, 0.05) is 11.3 Å². The second-order valence-corrected chi connectivity index (χ2v) is 8.67. The van der Waals surface area contributed by atoms with Crippen LogP contribution in [0.1, 0.15) is 74.6 Å². The fraction of sp³-hybridized carbons (Fsp3) is 0.700. The highest BCUT2D eigenvalue weighted by atomic mass is 32.1. The summed E-state index contributed by atoms with van der Waals surface area (Å²) in [5.74, 6) is -0.276. The van der Waals surface area contributed by atoms with E-state index in [0.29, 0.717) is 0 Å². The van der Waals surface area contributed by atoms with Gasteiger partial charge in [0.2, 0.25) is 5.91 Å². The summed E-state index contributed by atoms with van der Waals surface area (Å²) in [4.78, 5) is 26.4. The average Bonchev–Trinajstić information content (AvgIpc) is 2.95. The molecule has 0 unspecified atom stereocenters. The van der Waals surface area contributed by atoms with E-state index in [2.05, 4.69) is 11.4 Å². The van der Waals surface area contributed by atoms with Crippen LogP contribution >= 0.6 is 11.3 Å². The number of thiophene rings is 1. The molecule has 1 N–H and O–H groups in total. The van der Waals surface area contributed by atoms with Crippen LogP contribution in [0.4, 0.5) is 5.00 Å². The standard InChI is InChI=1S/C20H29NO3S/c1-24-19(23)20(11-7-4-8-12-20)14-17(22)21-18-13-15-9-5-2-3-6-10-16(15)25-18/h13H,2-12,14H2,1H3,(H,21,22). The summed E-state index contributed by atoms with van der Waals surface area (Å²) in [6.45, 7) is 0. The molecule has 0 bridgehead atoms. The maximum Gasteiger partial charge on any atom is 0.312 e. The van der Waals surface area contributed by atoms with Crippen LogP contribution < -0.4 is 5.32 Å². The summed E-state index contributed by atoms with van der Waals surface area (Å²) in [7, 11) is 1.43. The minimum Gasteiger partial charge on any atom is -0.469 e. The van der Waals surface area contributed by atoms with Crippen molar-refractivity contribution in [1.82, 2.24) is 0 Å². The Morgan fingerprint density at radius 2 is 1.76 bits per heavy atom. The Bertz CT molecular complexity index is 591. The van der Waals surface area contributed by atoms with Crippen LogP contribution in [-0.4, -0.2) is 19.0 Å². The van der Waals surface area contributed by atoms with Crippen LogP contribution in [0.25, 0.3) is 0 Å². The summed E-state index contributed by atoms with van der Waals surface area (Å²) < 4.78 is 5.02. The van der Waals surface area contributed by atoms with E-state index in [1.807, 2.05) is 0 Å². The largest absolute Gasteiger partial charge is 0.469 e. The molecule has 1 heterocycles. The Kier molecular flexibility index (Phi) is 6.15. The highest BCUT2D eigenvalue weighted by molar-refractivity contribution is 7.16. The molecule has 1 amide bonds. The molecule has 1 aromatic heterocycles. The predicted molar refractivity (Wildman–Crippen MR) is 101 cm³/mol. The first kappa shape index (κ1) is 18.4. The summed E-state index contributed by atoms with van der Waals surface area (Å²) in [5.41, 5.74) is 0.781. The number of hydrogen-bond acceptors (Lipinski definition) is 4. The minimum absolute atomic E-state index is 0.0541. The number of hydrogen-bond donors (Lipinski definition) is 1. The fourth-order valence-corrected chi connectivity index (χ4v) is 5.46. The van der Waals surface area contributed by atoms with E-state index < -0.39 is 5.41 Å². The summed E-state index contributed by atoms with van der Waals surface area (Å²) in [6.07, 6.45) is 12.2. The Morgan fingerprint density at radius 3 is 2.48 bits per heavy atom. The number of anilines is 1. The van der Waals surface area contributed by atoms with Gasteiger partial charge in [-0.1, -0.05) is 32.1 Å². The minimum atomic E-state index is -0.622. The molecule has 2 aliphatic carbocycles. The van der Waals surface area contributed by atoms with E-state index in [1.54, 1.807) is 11.3 Å². The maximum atomic E-state index is 12.6. The molecule has 3 rings (SSSR count). The van der Waals surface area contributed by atoms with Crippen LogP contribution in [0.5, 0.6) is 0 Å². The number of nitrogens with one attached hydrogen (secondary N) is 1. The second-order valence-electron chi connectivity index (χ2n) is 7.53. The van der Waals surface area contributed by atoms with Crippen molar-refractivity contribution < 1.29 is 14.3 Å². The molecule has 0 radical (unpaired) electrons. The molecule has 2 aliphatic rings. The van der Waals surface area contributed by atoms with Crippen LogP contribution in [0.3, 0.4) is 0 Å². The molecule has 0 aliphatic heterocycles. The highest BCUT2D eigenvalue weighted by Gasteiger charge is 2.42. The number of methoxy groups -OCH3 is 1. The molecule has 1 saturated carbocycles. The third kappa shape index (κ3) is 4.43. The number of ether oxygens (including phenoxy) is 1. The van der Waals surface area contributed by atoms with E-state index in [4.69, 9.17) is 4.74 Å². The van der Waals surface area contributed by atoms with Crippen molar-refractivity contribution in [2.75, 3.05) is 12.4 Å². The lowest BCUT2D eigenvalue weighted by molar-refractivity contribution is -0.157. The summed E-state index contributed by atoms with van der Waals surface area (Å²) >= 11 is 1.71. The molecule has 1 aromatic rings. The first-order chi connectivity index (χ1) is 12.1. The van der Waals surface area contributed by atoms with Gasteiger partial charge in [0.15, 0.2) is 0 Å². The normalized spacial score (nSPS) is 20.0. The molecular formula is C20H29NO3S. The zero-order valence-corrected chi connectivity index (χ0v) is 16.0. The molecular weight excluding hydrogens is 334 g/mol. The van der Waals surface area contributed by atoms with E-state index in [0.717, 1.165) is 49.9 Å². The van der Waals surface area contributed by atoms with Crippen LogP contribution in [0, 0.1) is 5.41 Å². The predicted octanol–water partition coefficient (Wildman–Crippen LogP) is 4.86. The molecule has 0 aromatic carbocycles. The van der Waals surface area contributed by atoms with Crippen molar-refractivity contribution in [2.24, 2.45) is 5.41 Å². The third-order valence-corrected chi connectivity index (χ3v) is 6.84. The molecule has 0 atom stereocenters. The average molecular weight is 364 g/mol. The van der Waals surface area contributed by atoms with Gasteiger partial charge >= 0.3 is 5.97 Å². The van der Waals surface area contributed by atoms with Gasteiger partial charge in [0.05, 0.1) is 17.5 Å². The molecule has 4 nitrogen and oxygen atoms in total. The van der Waals surface area contributed by atoms with Gasteiger partial charge in [-0.15, -0.1) is 11.3 Å². The van der Waals surface area contributed by atoms with E-state index in [-0.39, 0.29) is 18.3 Å². The van der Waals surface area contributed by atoms with Gasteiger partial charge in [0.1, 0.15) is 0 Å². The zero-order chi connectivity index (χ0) is 17.7. The first-order valence-corrected chi connectivity index (χ1v) is 10.4. The monoisotopic (exact) mass is 363 g/mol. The van der Waals surface area contributed by atoms with Gasteiger partial charge in [-0.2, -0.15) is 0 Å². The third-order valence-electron chi connectivity index (χ3n) is 5.69. The zero-order valence-electron chi connectivity index (χ0n) is 15.2. The van der Waals surface area contributed by atoms with Gasteiger partial charge in [0.25, 0.3) is 0 Å². The summed E-state index contributed by atoms with van der Waals surface area (Å²) in [5, 5.41) is 4.00. The fourth-order valence-electron chi connectivity index (χ4n) is 4.29. The van der Waals surface area contributed by atoms with Crippen LogP contribution in [0.15, 0.2) is 6.07 Å². The smallest absolute Gasteiger partial charge is 0.312 e. The van der Waals surface area contributed by atoms with Crippen LogP contribution in [-0.2, 0) is 27.2 Å². The molecule has 25 heavy (non-hydrogen) atoms. The lowest BCUT2D eigenvalue weighted by Crippen LogP contribution is -2.38. The quantitative estimate of drug-likeness (QED) is 0.777. The molecule has 5 heteroatoms. The molecule has 0 spiro atoms. The Labute approximate surface area is 154 Å². The number of fused-ring (bicyclic) bond motifs is 1. The number of esters is 1. The number of carbonyl (C=O) groups is 2. The topological polar surface area (TPSA) is 55.4 Å². The van der Waals surface area contributed by atoms with Gasteiger partial charge in [-0.3, -0.25) is 9.59 Å². The van der Waals surface area contributed by atoms with Gasteiger partial charge < -0.3 is 10.1 Å². The van der Waals surface area contributed by atoms with Gasteiger partial charge in [-0.05, 0) is 50.2 Å². The Morgan fingerprint density at radius 1 is 1.08 bits per heavy atom. The molecule has 0 saturated heterocycles. The van der Waals surface area contributed by atoms with Gasteiger partial charge in [-0.25, -0.2) is 0 Å².